The Balaban J connectivity index is 0. The van der Waals surface area contributed by atoms with Crippen LogP contribution in [0.15, 0.2) is 0 Å². The van der Waals surface area contributed by atoms with E-state index < -0.39 is 0 Å². The van der Waals surface area contributed by atoms with Crippen molar-refractivity contribution >= 4 is 137 Å². The van der Waals surface area contributed by atoms with Crippen molar-refractivity contribution in [3.63, 3.8) is 0 Å². The maximum atomic E-state index is 0. The Bertz CT molecular complexity index is 30.3. The molecule has 0 unspecified atom stereocenters. The van der Waals surface area contributed by atoms with Crippen molar-refractivity contribution in [1.82, 2.24) is 0 Å². The summed E-state index contributed by atoms with van der Waals surface area (Å²) in [6.07, 6.45) is 0. The number of rotatable bonds is 0. The molecule has 0 aromatic rings. The van der Waals surface area contributed by atoms with E-state index in [1.165, 1.54) is 0 Å². The molecule has 0 spiro atoms. The van der Waals surface area contributed by atoms with Gasteiger partial charge in [-0.05, 0) is 32.9 Å². The Morgan fingerprint density at radius 2 is 0.875 bits per heavy atom. The SMILES string of the molecule is [AlH3].[Ba+2].[Ca+2].[Fe].[H-].[H-].[H-].[H-].[Mn].[SiH3].[SiH3].[SiH3]. The minimum Gasteiger partial charge on any atom is -1.00 e. The molecule has 0 amide bonds. The molecule has 0 fully saturated rings. The minimum absolute atomic E-state index is 0. The van der Waals surface area contributed by atoms with Crippen LogP contribution >= 0.6 is 0 Å². The topological polar surface area (TPSA) is 0 Å². The van der Waals surface area contributed by atoms with E-state index in [1.54, 1.807) is 0 Å². The Morgan fingerprint density at radius 1 is 0.875 bits per heavy atom. The van der Waals surface area contributed by atoms with Crippen LogP contribution in [0.5, 0.6) is 0 Å². The molecule has 4 radical (unpaired) electrons. The van der Waals surface area contributed by atoms with Gasteiger partial charge in [-0.1, -0.05) is 0 Å². The summed E-state index contributed by atoms with van der Waals surface area (Å²) in [5.41, 5.74) is 0. The number of hydrogen-bond acceptors (Lipinski definition) is 0. The molecule has 0 rings (SSSR count). The van der Waals surface area contributed by atoms with Gasteiger partial charge in [0.25, 0.3) is 0 Å². The van der Waals surface area contributed by atoms with E-state index in [0.29, 0.717) is 0 Å². The van der Waals surface area contributed by atoms with Crippen molar-refractivity contribution in [2.45, 2.75) is 0 Å². The minimum atomic E-state index is 0. The van der Waals surface area contributed by atoms with Crippen molar-refractivity contribution in [1.29, 1.82) is 0 Å². The van der Waals surface area contributed by atoms with Crippen LogP contribution in [0.2, 0.25) is 0 Å². The van der Waals surface area contributed by atoms with E-state index in [4.69, 9.17) is 0 Å². The first-order valence-electron chi connectivity index (χ1n) is 0. The molecule has 50 valence electrons. The smallest absolute Gasteiger partial charge is 1.00 e. The molecule has 0 aliphatic rings. The molecule has 0 atom stereocenters. The molecule has 0 aromatic carbocycles. The van der Waals surface area contributed by atoms with E-state index in [1.807, 2.05) is 0 Å². The van der Waals surface area contributed by atoms with Crippen molar-refractivity contribution in [3.05, 3.63) is 0 Å². The van der Waals surface area contributed by atoms with Crippen LogP contribution in [0.1, 0.15) is 5.71 Å². The van der Waals surface area contributed by atoms with Crippen LogP contribution in [-0.4, -0.2) is 137 Å². The summed E-state index contributed by atoms with van der Waals surface area (Å²) < 4.78 is 0. The van der Waals surface area contributed by atoms with Gasteiger partial charge in [-0.3, -0.25) is 0 Å². The fraction of sp³-hybridized carbons (Fsp3) is 0. The maximum Gasteiger partial charge on any atom is 2.00 e. The van der Waals surface area contributed by atoms with Crippen LogP contribution in [0.3, 0.4) is 0 Å². The average molecular weight is 416 g/mol. The molecule has 0 aliphatic heterocycles. The van der Waals surface area contributed by atoms with E-state index in [-0.39, 0.29) is 177 Å². The van der Waals surface area contributed by atoms with Crippen molar-refractivity contribution < 1.29 is 39.8 Å². The summed E-state index contributed by atoms with van der Waals surface area (Å²) in [5, 5.41) is 0. The van der Waals surface area contributed by atoms with Gasteiger partial charge in [0.2, 0.25) is 0 Å². The van der Waals surface area contributed by atoms with Gasteiger partial charge >= 0.3 is 86.6 Å². The maximum absolute atomic E-state index is 0. The summed E-state index contributed by atoms with van der Waals surface area (Å²) in [4.78, 5) is 0. The third-order valence-electron chi connectivity index (χ3n) is 0. The molecule has 0 aliphatic carbocycles. The summed E-state index contributed by atoms with van der Waals surface area (Å²) >= 11 is 0. The Kier molecular flexibility index (Phi) is 535. The van der Waals surface area contributed by atoms with Crippen LogP contribution in [-0.2, 0) is 34.1 Å². The average Bonchev–Trinajstić information content (AvgIpc) is 0. The zero-order chi connectivity index (χ0) is 0. The molecule has 0 saturated heterocycles. The van der Waals surface area contributed by atoms with E-state index in [2.05, 4.69) is 0 Å². The summed E-state index contributed by atoms with van der Waals surface area (Å²) in [6.45, 7) is 0. The monoisotopic (exact) mass is 416 g/mol. The van der Waals surface area contributed by atoms with Crippen LogP contribution in [0, 0.1) is 0 Å². The van der Waals surface area contributed by atoms with Crippen LogP contribution in [0.25, 0.3) is 0 Å². The summed E-state index contributed by atoms with van der Waals surface area (Å²) in [7, 11) is 0. The standard InChI is InChI=1S/Al.Ba.Ca.Fe.Mn.3H3Si.7H/h;;;;;3*1H3;;;;;;;/q;2*+2;;;;;;;;;4*-1. The Morgan fingerprint density at radius 3 is 0.875 bits per heavy atom. The predicted molar refractivity (Wildman–Crippen MR) is 55.7 cm³/mol. The molecule has 8 heavy (non-hydrogen) atoms. The molecule has 8 heteroatoms. The molecular formula is H16AlBaCaFeMnSi3. The first-order valence-corrected chi connectivity index (χ1v) is 0. The van der Waals surface area contributed by atoms with E-state index >= 15 is 0 Å². The fourth-order valence-corrected chi connectivity index (χ4v) is 0. The second-order valence-corrected chi connectivity index (χ2v) is 0. The first-order chi connectivity index (χ1) is 0. The van der Waals surface area contributed by atoms with Gasteiger partial charge in [0.05, 0.1) is 0 Å². The Labute approximate surface area is 172 Å². The third-order valence-corrected chi connectivity index (χ3v) is 0. The second-order valence-electron chi connectivity index (χ2n) is 0. The van der Waals surface area contributed by atoms with Crippen molar-refractivity contribution in [2.24, 2.45) is 0 Å². The fourth-order valence-electron chi connectivity index (χ4n) is 0. The van der Waals surface area contributed by atoms with Crippen LogP contribution < -0.4 is 0 Å². The van der Waals surface area contributed by atoms with Crippen molar-refractivity contribution in [3.8, 4) is 0 Å². The molecule has 0 N–H and O–H groups in total. The van der Waals surface area contributed by atoms with Gasteiger partial charge in [0.15, 0.2) is 17.4 Å². The third kappa shape index (κ3) is 43.7. The molecule has 0 heterocycles. The largest absolute Gasteiger partial charge is 2.00 e. The molecule has 0 bridgehead atoms. The second kappa shape index (κ2) is 57.7. The Hall–Kier alpha value is 5.05. The van der Waals surface area contributed by atoms with Crippen molar-refractivity contribution in [2.75, 3.05) is 0 Å². The zero-order valence-corrected chi connectivity index (χ0v) is 20.1. The van der Waals surface area contributed by atoms with Gasteiger partial charge < -0.3 is 5.71 Å². The zero-order valence-electron chi connectivity index (χ0n) is 9.15. The van der Waals surface area contributed by atoms with Gasteiger partial charge in [0, 0.05) is 34.1 Å². The van der Waals surface area contributed by atoms with Gasteiger partial charge in [-0.2, -0.15) is 0 Å². The predicted octanol–water partition coefficient (Wildman–Crippen LogP) is -5.05. The molecular weight excluding hydrogens is 399 g/mol. The first kappa shape index (κ1) is 74.3. The van der Waals surface area contributed by atoms with Gasteiger partial charge in [-0.25, -0.2) is 0 Å². The molecule has 0 saturated carbocycles. The number of hydrogen-bond donors (Lipinski definition) is 0. The summed E-state index contributed by atoms with van der Waals surface area (Å²) in [5.74, 6) is 0. The normalized spacial score (nSPS) is 0. The van der Waals surface area contributed by atoms with Gasteiger partial charge in [0.1, 0.15) is 0 Å². The van der Waals surface area contributed by atoms with E-state index in [0.717, 1.165) is 0 Å². The summed E-state index contributed by atoms with van der Waals surface area (Å²) in [6, 6.07) is 0. The molecule has 0 nitrogen and oxygen atoms in total. The quantitative estimate of drug-likeness (QED) is 0.348. The molecule has 0 aromatic heterocycles. The van der Waals surface area contributed by atoms with Crippen LogP contribution in [0.4, 0.5) is 0 Å². The van der Waals surface area contributed by atoms with E-state index in [9.17, 15) is 0 Å². The van der Waals surface area contributed by atoms with Gasteiger partial charge in [-0.15, -0.1) is 0 Å².